The number of hydrogen-bond donors (Lipinski definition) is 0. The minimum atomic E-state index is -0.278. The fourth-order valence-electron chi connectivity index (χ4n) is 1.86. The largest absolute Gasteiger partial charge is 0.466 e. The van der Waals surface area contributed by atoms with Crippen molar-refractivity contribution in [1.29, 1.82) is 0 Å². The summed E-state index contributed by atoms with van der Waals surface area (Å²) in [5.41, 5.74) is 5.33. The summed E-state index contributed by atoms with van der Waals surface area (Å²) in [6.45, 7) is 7.94. The Kier molecular flexibility index (Phi) is 3.88. The topological polar surface area (TPSA) is 26.3 Å². The average molecular weight is 218 g/mol. The number of esters is 1. The normalized spacial score (nSPS) is 11.4. The molecule has 2 nitrogen and oxygen atoms in total. The Morgan fingerprint density at radius 3 is 2.12 bits per heavy atom. The first kappa shape index (κ1) is 12.5. The molecule has 16 heavy (non-hydrogen) atoms. The van der Waals surface area contributed by atoms with E-state index in [2.05, 4.69) is 37.6 Å². The van der Waals surface area contributed by atoms with E-state index < -0.39 is 0 Å². The summed E-state index contributed by atoms with van der Waals surface area (Å²) < 4.78 is 4.68. The zero-order chi connectivity index (χ0) is 12.3. The summed E-state index contributed by atoms with van der Waals surface area (Å²) in [7, 11) is 1.40. The smallest absolute Gasteiger partial charge is 0.333 e. The quantitative estimate of drug-likeness (QED) is 0.563. The highest BCUT2D eigenvalue weighted by Crippen LogP contribution is 2.19. The van der Waals surface area contributed by atoms with Gasteiger partial charge in [-0.1, -0.05) is 17.7 Å². The Bertz CT molecular complexity index is 419. The van der Waals surface area contributed by atoms with E-state index in [1.54, 1.807) is 6.92 Å². The van der Waals surface area contributed by atoms with Gasteiger partial charge in [0.15, 0.2) is 0 Å². The Morgan fingerprint density at radius 2 is 1.69 bits per heavy atom. The van der Waals surface area contributed by atoms with Crippen LogP contribution in [0.2, 0.25) is 0 Å². The molecule has 0 heterocycles. The summed E-state index contributed by atoms with van der Waals surface area (Å²) in [6.07, 6.45) is 1.88. The lowest BCUT2D eigenvalue weighted by Crippen LogP contribution is -2.02. The van der Waals surface area contributed by atoms with E-state index in [-0.39, 0.29) is 5.97 Å². The second kappa shape index (κ2) is 4.97. The van der Waals surface area contributed by atoms with Crippen LogP contribution in [0, 0.1) is 20.8 Å². The zero-order valence-corrected chi connectivity index (χ0v) is 10.5. The first-order chi connectivity index (χ1) is 7.45. The van der Waals surface area contributed by atoms with Crippen LogP contribution in [0.1, 0.15) is 29.2 Å². The molecule has 0 radical (unpaired) electrons. The lowest BCUT2D eigenvalue weighted by molar-refractivity contribution is -0.135. The number of hydrogen-bond acceptors (Lipinski definition) is 2. The molecule has 0 N–H and O–H groups in total. The first-order valence-corrected chi connectivity index (χ1v) is 5.30. The molecule has 0 unspecified atom stereocenters. The highest BCUT2D eigenvalue weighted by molar-refractivity contribution is 5.93. The van der Waals surface area contributed by atoms with Crippen molar-refractivity contribution < 1.29 is 9.53 Å². The molecule has 2 heteroatoms. The molecule has 0 atom stereocenters. The van der Waals surface area contributed by atoms with Crippen molar-refractivity contribution in [2.45, 2.75) is 27.7 Å². The van der Waals surface area contributed by atoms with Crippen molar-refractivity contribution in [2.24, 2.45) is 0 Å². The molecule has 0 saturated carbocycles. The SMILES string of the molecule is COC(=O)/C(C)=C\c1c(C)cc(C)cc1C. The molecular weight excluding hydrogens is 200 g/mol. The highest BCUT2D eigenvalue weighted by atomic mass is 16.5. The Balaban J connectivity index is 3.20. The molecule has 1 aromatic carbocycles. The standard InChI is InChI=1S/C14H18O2/c1-9-6-10(2)13(11(3)7-9)8-12(4)14(15)16-5/h6-8H,1-5H3/b12-8-. The number of ether oxygens (including phenoxy) is 1. The lowest BCUT2D eigenvalue weighted by Gasteiger charge is -2.08. The molecule has 0 aliphatic rings. The number of carbonyl (C=O) groups excluding carboxylic acids is 1. The molecule has 0 bridgehead atoms. The van der Waals surface area contributed by atoms with Gasteiger partial charge in [-0.3, -0.25) is 0 Å². The van der Waals surface area contributed by atoms with Crippen LogP contribution < -0.4 is 0 Å². The third kappa shape index (κ3) is 2.72. The minimum absolute atomic E-state index is 0.278. The van der Waals surface area contributed by atoms with E-state index >= 15 is 0 Å². The van der Waals surface area contributed by atoms with E-state index in [0.29, 0.717) is 5.57 Å². The molecular formula is C14H18O2. The third-order valence-corrected chi connectivity index (χ3v) is 2.61. The van der Waals surface area contributed by atoms with Crippen molar-refractivity contribution >= 4 is 12.0 Å². The van der Waals surface area contributed by atoms with E-state index in [9.17, 15) is 4.79 Å². The van der Waals surface area contributed by atoms with Crippen molar-refractivity contribution in [1.82, 2.24) is 0 Å². The van der Waals surface area contributed by atoms with Gasteiger partial charge in [0, 0.05) is 5.57 Å². The monoisotopic (exact) mass is 218 g/mol. The third-order valence-electron chi connectivity index (χ3n) is 2.61. The fraction of sp³-hybridized carbons (Fsp3) is 0.357. The van der Waals surface area contributed by atoms with Crippen LogP contribution in [0.5, 0.6) is 0 Å². The minimum Gasteiger partial charge on any atom is -0.466 e. The summed E-state index contributed by atoms with van der Waals surface area (Å²) in [5, 5.41) is 0. The van der Waals surface area contributed by atoms with Gasteiger partial charge in [0.05, 0.1) is 7.11 Å². The molecule has 0 spiro atoms. The fourth-order valence-corrected chi connectivity index (χ4v) is 1.86. The molecule has 0 aliphatic carbocycles. The van der Waals surface area contributed by atoms with Crippen LogP contribution in [0.3, 0.4) is 0 Å². The van der Waals surface area contributed by atoms with Crippen LogP contribution in [-0.2, 0) is 9.53 Å². The van der Waals surface area contributed by atoms with Crippen molar-refractivity contribution in [3.8, 4) is 0 Å². The van der Waals surface area contributed by atoms with Crippen molar-refractivity contribution in [2.75, 3.05) is 7.11 Å². The summed E-state index contributed by atoms with van der Waals surface area (Å²) >= 11 is 0. The molecule has 0 aliphatic heterocycles. The van der Waals surface area contributed by atoms with Gasteiger partial charge in [0.25, 0.3) is 0 Å². The molecule has 1 rings (SSSR count). The number of aryl methyl sites for hydroxylation is 3. The van der Waals surface area contributed by atoms with Gasteiger partial charge in [0.2, 0.25) is 0 Å². The molecule has 1 aromatic rings. The molecule has 0 amide bonds. The number of methoxy groups -OCH3 is 1. The number of benzene rings is 1. The van der Waals surface area contributed by atoms with Crippen molar-refractivity contribution in [3.05, 3.63) is 40.0 Å². The Morgan fingerprint density at radius 1 is 1.19 bits per heavy atom. The van der Waals surface area contributed by atoms with Crippen LogP contribution in [-0.4, -0.2) is 13.1 Å². The van der Waals surface area contributed by atoms with Crippen molar-refractivity contribution in [3.63, 3.8) is 0 Å². The first-order valence-electron chi connectivity index (χ1n) is 5.30. The van der Waals surface area contributed by atoms with Gasteiger partial charge in [-0.05, 0) is 50.5 Å². The number of rotatable bonds is 2. The van der Waals surface area contributed by atoms with Gasteiger partial charge < -0.3 is 4.74 Å². The molecule has 0 fully saturated rings. The highest BCUT2D eigenvalue weighted by Gasteiger charge is 2.06. The van der Waals surface area contributed by atoms with Crippen LogP contribution in [0.4, 0.5) is 0 Å². The van der Waals surface area contributed by atoms with E-state index in [0.717, 1.165) is 5.56 Å². The maximum Gasteiger partial charge on any atom is 0.333 e. The molecule has 0 aromatic heterocycles. The zero-order valence-electron chi connectivity index (χ0n) is 10.5. The van der Waals surface area contributed by atoms with E-state index in [1.165, 1.54) is 23.8 Å². The lowest BCUT2D eigenvalue weighted by atomic mass is 9.98. The predicted molar refractivity (Wildman–Crippen MR) is 66.3 cm³/mol. The summed E-state index contributed by atoms with van der Waals surface area (Å²) in [6, 6.07) is 4.23. The van der Waals surface area contributed by atoms with Gasteiger partial charge in [-0.25, -0.2) is 4.79 Å². The second-order valence-electron chi connectivity index (χ2n) is 4.13. The summed E-state index contributed by atoms with van der Waals surface area (Å²) in [5.74, 6) is -0.278. The Labute approximate surface area is 96.9 Å². The van der Waals surface area contributed by atoms with E-state index in [1.807, 2.05) is 6.08 Å². The van der Waals surface area contributed by atoms with Gasteiger partial charge in [-0.15, -0.1) is 0 Å². The van der Waals surface area contributed by atoms with Gasteiger partial charge in [0.1, 0.15) is 0 Å². The molecule has 86 valence electrons. The van der Waals surface area contributed by atoms with Gasteiger partial charge in [-0.2, -0.15) is 0 Å². The van der Waals surface area contributed by atoms with Crippen LogP contribution in [0.15, 0.2) is 17.7 Å². The second-order valence-corrected chi connectivity index (χ2v) is 4.13. The van der Waals surface area contributed by atoms with E-state index in [4.69, 9.17) is 0 Å². The van der Waals surface area contributed by atoms with Crippen LogP contribution in [0.25, 0.3) is 6.08 Å². The maximum atomic E-state index is 11.3. The maximum absolute atomic E-state index is 11.3. The molecule has 0 saturated heterocycles. The summed E-state index contributed by atoms with van der Waals surface area (Å²) in [4.78, 5) is 11.3. The van der Waals surface area contributed by atoms with Crippen LogP contribution >= 0.6 is 0 Å². The van der Waals surface area contributed by atoms with Gasteiger partial charge >= 0.3 is 5.97 Å². The Hall–Kier alpha value is -1.57. The number of carbonyl (C=O) groups is 1. The average Bonchev–Trinajstić information content (AvgIpc) is 2.21. The predicted octanol–water partition coefficient (Wildman–Crippen LogP) is 3.19.